The minimum Gasteiger partial charge on any atom is -0.328 e. The first kappa shape index (κ1) is 12.0. The molecule has 3 heteroatoms. The Morgan fingerprint density at radius 3 is 2.50 bits per heavy atom. The van der Waals surface area contributed by atoms with E-state index in [1.165, 1.54) is 13.1 Å². The van der Waals surface area contributed by atoms with Crippen molar-refractivity contribution in [3.8, 4) is 0 Å². The fourth-order valence-corrected chi connectivity index (χ4v) is 2.29. The molecule has 0 saturated carbocycles. The Balaban J connectivity index is 2.31. The first-order valence-corrected chi connectivity index (χ1v) is 5.65. The molecule has 84 valence electrons. The molecule has 1 heterocycles. The fourth-order valence-electron chi connectivity index (χ4n) is 2.29. The summed E-state index contributed by atoms with van der Waals surface area (Å²) in [5, 5.41) is 0. The van der Waals surface area contributed by atoms with Gasteiger partial charge in [0, 0.05) is 25.2 Å². The van der Waals surface area contributed by atoms with Gasteiger partial charge in [-0.2, -0.15) is 0 Å². The maximum atomic E-state index is 5.76. The number of nitrogens with two attached hydrogens (primary N) is 1. The summed E-state index contributed by atoms with van der Waals surface area (Å²) in [5.41, 5.74) is 5.76. The molecule has 0 aromatic heterocycles. The molecule has 3 atom stereocenters. The highest BCUT2D eigenvalue weighted by molar-refractivity contribution is 4.86. The Morgan fingerprint density at radius 1 is 1.43 bits per heavy atom. The number of likely N-dealkylation sites (N-methyl/N-ethyl adjacent to an activating group) is 1. The zero-order valence-corrected chi connectivity index (χ0v) is 10.0. The van der Waals surface area contributed by atoms with E-state index >= 15 is 0 Å². The average Bonchev–Trinajstić information content (AvgIpc) is 2.43. The van der Waals surface area contributed by atoms with Gasteiger partial charge in [-0.05, 0) is 39.9 Å². The van der Waals surface area contributed by atoms with Crippen molar-refractivity contribution in [3.63, 3.8) is 0 Å². The summed E-state index contributed by atoms with van der Waals surface area (Å²) in [6.45, 7) is 8.03. The van der Waals surface area contributed by atoms with Crippen LogP contribution in [0.2, 0.25) is 0 Å². The lowest BCUT2D eigenvalue weighted by molar-refractivity contribution is 0.250. The summed E-state index contributed by atoms with van der Waals surface area (Å²) >= 11 is 0. The van der Waals surface area contributed by atoms with E-state index in [2.05, 4.69) is 37.7 Å². The molecule has 2 N–H and O–H groups in total. The minimum atomic E-state index is 0.337. The van der Waals surface area contributed by atoms with E-state index in [4.69, 9.17) is 5.73 Å². The van der Waals surface area contributed by atoms with Gasteiger partial charge in [0.25, 0.3) is 0 Å². The largest absolute Gasteiger partial charge is 0.328 e. The van der Waals surface area contributed by atoms with E-state index in [0.717, 1.165) is 24.9 Å². The van der Waals surface area contributed by atoms with Crippen LogP contribution in [0.1, 0.15) is 20.3 Å². The van der Waals surface area contributed by atoms with Crippen molar-refractivity contribution in [2.75, 3.05) is 33.7 Å². The van der Waals surface area contributed by atoms with Gasteiger partial charge in [-0.15, -0.1) is 0 Å². The first-order chi connectivity index (χ1) is 6.50. The first-order valence-electron chi connectivity index (χ1n) is 5.65. The molecular formula is C11H25N3. The van der Waals surface area contributed by atoms with Crippen LogP contribution in [0.3, 0.4) is 0 Å². The van der Waals surface area contributed by atoms with E-state index in [1.54, 1.807) is 0 Å². The SMILES string of the molecule is CC(N)CCN1CC(C)C(N(C)C)C1. The van der Waals surface area contributed by atoms with Crippen LogP contribution in [0.25, 0.3) is 0 Å². The van der Waals surface area contributed by atoms with E-state index < -0.39 is 0 Å². The maximum absolute atomic E-state index is 5.76. The normalized spacial score (nSPS) is 31.3. The van der Waals surface area contributed by atoms with Crippen LogP contribution in [-0.2, 0) is 0 Å². The Kier molecular flexibility index (Phi) is 4.35. The van der Waals surface area contributed by atoms with Crippen LogP contribution in [0, 0.1) is 5.92 Å². The molecule has 0 bridgehead atoms. The number of likely N-dealkylation sites (tertiary alicyclic amines) is 1. The second-order valence-electron chi connectivity index (χ2n) is 5.03. The van der Waals surface area contributed by atoms with Gasteiger partial charge < -0.3 is 15.5 Å². The lowest BCUT2D eigenvalue weighted by Crippen LogP contribution is -2.35. The van der Waals surface area contributed by atoms with Crippen molar-refractivity contribution < 1.29 is 0 Å². The molecule has 0 aromatic carbocycles. The molecule has 1 saturated heterocycles. The number of hydrogen-bond donors (Lipinski definition) is 1. The molecule has 0 spiro atoms. The Labute approximate surface area is 88.2 Å². The van der Waals surface area contributed by atoms with Crippen molar-refractivity contribution in [2.45, 2.75) is 32.4 Å². The van der Waals surface area contributed by atoms with E-state index in [0.29, 0.717) is 6.04 Å². The maximum Gasteiger partial charge on any atom is 0.0254 e. The van der Waals surface area contributed by atoms with Gasteiger partial charge in [-0.3, -0.25) is 0 Å². The molecule has 1 rings (SSSR count). The molecule has 3 nitrogen and oxygen atoms in total. The topological polar surface area (TPSA) is 32.5 Å². The van der Waals surface area contributed by atoms with Gasteiger partial charge >= 0.3 is 0 Å². The van der Waals surface area contributed by atoms with Crippen molar-refractivity contribution in [1.29, 1.82) is 0 Å². The van der Waals surface area contributed by atoms with Gasteiger partial charge in [0.1, 0.15) is 0 Å². The summed E-state index contributed by atoms with van der Waals surface area (Å²) in [7, 11) is 4.35. The number of rotatable bonds is 4. The molecule has 14 heavy (non-hydrogen) atoms. The van der Waals surface area contributed by atoms with Crippen molar-refractivity contribution >= 4 is 0 Å². The van der Waals surface area contributed by atoms with Crippen LogP contribution >= 0.6 is 0 Å². The lowest BCUT2D eigenvalue weighted by Gasteiger charge is -2.22. The van der Waals surface area contributed by atoms with Crippen molar-refractivity contribution in [1.82, 2.24) is 9.80 Å². The average molecular weight is 199 g/mol. The quantitative estimate of drug-likeness (QED) is 0.720. The van der Waals surface area contributed by atoms with Crippen LogP contribution in [0.5, 0.6) is 0 Å². The monoisotopic (exact) mass is 199 g/mol. The highest BCUT2D eigenvalue weighted by atomic mass is 15.2. The molecule has 0 aliphatic carbocycles. The van der Waals surface area contributed by atoms with Gasteiger partial charge in [0.05, 0.1) is 0 Å². The lowest BCUT2D eigenvalue weighted by atomic mass is 10.1. The highest BCUT2D eigenvalue weighted by Gasteiger charge is 2.30. The van der Waals surface area contributed by atoms with Gasteiger partial charge in [-0.25, -0.2) is 0 Å². The molecule has 3 unspecified atom stereocenters. The second kappa shape index (κ2) is 5.10. The molecule has 1 fully saturated rings. The number of hydrogen-bond acceptors (Lipinski definition) is 3. The second-order valence-corrected chi connectivity index (χ2v) is 5.03. The van der Waals surface area contributed by atoms with Crippen LogP contribution < -0.4 is 5.73 Å². The van der Waals surface area contributed by atoms with E-state index in [-0.39, 0.29) is 0 Å². The molecule has 0 amide bonds. The summed E-state index contributed by atoms with van der Waals surface area (Å²) in [6.07, 6.45) is 1.12. The highest BCUT2D eigenvalue weighted by Crippen LogP contribution is 2.19. The van der Waals surface area contributed by atoms with Gasteiger partial charge in [0.2, 0.25) is 0 Å². The van der Waals surface area contributed by atoms with Gasteiger partial charge in [-0.1, -0.05) is 6.92 Å². The zero-order chi connectivity index (χ0) is 10.7. The molecule has 1 aliphatic heterocycles. The zero-order valence-electron chi connectivity index (χ0n) is 10.0. The Hall–Kier alpha value is -0.120. The summed E-state index contributed by atoms with van der Waals surface area (Å²) in [5.74, 6) is 0.790. The third-order valence-corrected chi connectivity index (χ3v) is 3.21. The van der Waals surface area contributed by atoms with Gasteiger partial charge in [0.15, 0.2) is 0 Å². The molecule has 0 aromatic rings. The predicted molar refractivity (Wildman–Crippen MR) is 61.3 cm³/mol. The third kappa shape index (κ3) is 3.23. The summed E-state index contributed by atoms with van der Waals surface area (Å²) < 4.78 is 0. The summed E-state index contributed by atoms with van der Waals surface area (Å²) in [6, 6.07) is 1.06. The molecular weight excluding hydrogens is 174 g/mol. The predicted octanol–water partition coefficient (Wildman–Crippen LogP) is 0.606. The standard InChI is InChI=1S/C11H25N3/c1-9-7-14(6-5-10(2)12)8-11(9)13(3)4/h9-11H,5-8,12H2,1-4H3. The fraction of sp³-hybridized carbons (Fsp3) is 1.00. The molecule has 1 aliphatic rings. The van der Waals surface area contributed by atoms with E-state index in [1.807, 2.05) is 0 Å². The smallest absolute Gasteiger partial charge is 0.0254 e. The van der Waals surface area contributed by atoms with Crippen molar-refractivity contribution in [3.05, 3.63) is 0 Å². The van der Waals surface area contributed by atoms with E-state index in [9.17, 15) is 0 Å². The van der Waals surface area contributed by atoms with Crippen LogP contribution in [-0.4, -0.2) is 55.6 Å². The van der Waals surface area contributed by atoms with Crippen LogP contribution in [0.15, 0.2) is 0 Å². The minimum absolute atomic E-state index is 0.337. The Bertz CT molecular complexity index is 168. The van der Waals surface area contributed by atoms with Crippen molar-refractivity contribution in [2.24, 2.45) is 11.7 Å². The van der Waals surface area contributed by atoms with Crippen LogP contribution in [0.4, 0.5) is 0 Å². The molecule has 0 radical (unpaired) electrons. The Morgan fingerprint density at radius 2 is 2.07 bits per heavy atom. The summed E-state index contributed by atoms with van der Waals surface area (Å²) in [4.78, 5) is 4.88. The number of nitrogens with zero attached hydrogens (tertiary/aromatic N) is 2. The third-order valence-electron chi connectivity index (χ3n) is 3.21.